The molecule has 2 saturated heterocycles. The van der Waals surface area contributed by atoms with Crippen molar-refractivity contribution in [3.05, 3.63) is 46.0 Å². The standard InChI is InChI=1S/C27H29F2N7O3/c1-14-19-12-31-26(34-24(19)36(25(39)23(14)15(2)37)20-4-3-9-27(20,28)29)33-21-8-7-18(11-30-21)35-13-17-6-5-16(32-17)10-22(35)38/h7-8,11-12,16-17,20,32H,3-6,9-10,13H2,1-2H3,(H,30,31,33,34)/t16-,17+,20?/m1/s1. The molecule has 39 heavy (non-hydrogen) atoms. The van der Waals surface area contributed by atoms with Crippen LogP contribution in [-0.4, -0.2) is 55.8 Å². The number of carbonyl (C=O) groups is 2. The summed E-state index contributed by atoms with van der Waals surface area (Å²) < 4.78 is 30.6. The fourth-order valence-electron chi connectivity index (χ4n) is 6.16. The number of nitrogens with zero attached hydrogens (tertiary/aromatic N) is 5. The van der Waals surface area contributed by atoms with Gasteiger partial charge in [-0.15, -0.1) is 0 Å². The van der Waals surface area contributed by atoms with Crippen molar-refractivity contribution < 1.29 is 18.4 Å². The molecule has 1 unspecified atom stereocenters. The molecular weight excluding hydrogens is 508 g/mol. The minimum Gasteiger partial charge on any atom is -0.309 e. The Morgan fingerprint density at radius 3 is 2.62 bits per heavy atom. The molecule has 1 amide bonds. The van der Waals surface area contributed by atoms with Crippen molar-refractivity contribution in [2.24, 2.45) is 0 Å². The van der Waals surface area contributed by atoms with E-state index < -0.39 is 23.3 Å². The predicted molar refractivity (Wildman–Crippen MR) is 141 cm³/mol. The number of fused-ring (bicyclic) bond motifs is 3. The van der Waals surface area contributed by atoms with Crippen molar-refractivity contribution in [3.63, 3.8) is 0 Å². The summed E-state index contributed by atoms with van der Waals surface area (Å²) in [5, 5.41) is 6.82. The molecule has 3 fully saturated rings. The molecule has 12 heteroatoms. The first kappa shape index (κ1) is 25.5. The number of ketones is 1. The largest absolute Gasteiger partial charge is 0.309 e. The Morgan fingerprint density at radius 1 is 1.13 bits per heavy atom. The van der Waals surface area contributed by atoms with Crippen LogP contribution in [0, 0.1) is 6.92 Å². The molecular formula is C27H29F2N7O3. The molecule has 3 aromatic heterocycles. The summed E-state index contributed by atoms with van der Waals surface area (Å²) in [7, 11) is 0. The fourth-order valence-corrected chi connectivity index (χ4v) is 6.16. The van der Waals surface area contributed by atoms with Gasteiger partial charge in [-0.3, -0.25) is 19.0 Å². The molecule has 2 aliphatic heterocycles. The van der Waals surface area contributed by atoms with Crippen LogP contribution in [0.3, 0.4) is 0 Å². The van der Waals surface area contributed by atoms with Crippen LogP contribution in [0.2, 0.25) is 0 Å². The third kappa shape index (κ3) is 4.46. The lowest BCUT2D eigenvalue weighted by molar-refractivity contribution is -0.118. The molecule has 6 rings (SSSR count). The van der Waals surface area contributed by atoms with Gasteiger partial charge in [0.1, 0.15) is 17.5 Å². The summed E-state index contributed by atoms with van der Waals surface area (Å²) in [6, 6.07) is 2.56. The van der Waals surface area contributed by atoms with Crippen LogP contribution in [0.25, 0.3) is 11.0 Å². The number of aromatic nitrogens is 4. The van der Waals surface area contributed by atoms with Crippen molar-refractivity contribution in [2.75, 3.05) is 16.8 Å². The minimum absolute atomic E-state index is 0.0425. The average Bonchev–Trinajstić information content (AvgIpc) is 3.42. The number of Topliss-reactive ketones (excluding diaryl/α,β-unsaturated/α-hetero) is 1. The average molecular weight is 538 g/mol. The van der Waals surface area contributed by atoms with Gasteiger partial charge < -0.3 is 15.5 Å². The maximum absolute atomic E-state index is 14.8. The Labute approximate surface area is 222 Å². The molecule has 5 heterocycles. The molecule has 3 aromatic rings. The van der Waals surface area contributed by atoms with Crippen LogP contribution in [0.1, 0.15) is 67.4 Å². The first-order chi connectivity index (χ1) is 18.6. The number of pyridine rings is 2. The second-order valence-electron chi connectivity index (χ2n) is 10.7. The third-order valence-electron chi connectivity index (χ3n) is 8.11. The van der Waals surface area contributed by atoms with E-state index in [0.717, 1.165) is 17.4 Å². The number of nitrogens with one attached hydrogen (secondary N) is 2. The van der Waals surface area contributed by atoms with Crippen LogP contribution in [0.15, 0.2) is 29.3 Å². The van der Waals surface area contributed by atoms with Gasteiger partial charge >= 0.3 is 0 Å². The lowest BCUT2D eigenvalue weighted by atomic mass is 10.0. The number of halogens is 2. The molecule has 3 aliphatic rings. The van der Waals surface area contributed by atoms with Gasteiger partial charge in [-0.25, -0.2) is 18.7 Å². The highest BCUT2D eigenvalue weighted by Crippen LogP contribution is 2.44. The topological polar surface area (TPSA) is 122 Å². The zero-order valence-electron chi connectivity index (χ0n) is 21.7. The number of hydrogen-bond donors (Lipinski definition) is 2. The first-order valence-corrected chi connectivity index (χ1v) is 13.2. The zero-order valence-corrected chi connectivity index (χ0v) is 21.7. The number of hydrogen-bond acceptors (Lipinski definition) is 8. The van der Waals surface area contributed by atoms with Crippen LogP contribution < -0.4 is 21.1 Å². The second-order valence-corrected chi connectivity index (χ2v) is 10.7. The van der Waals surface area contributed by atoms with Crippen LogP contribution >= 0.6 is 0 Å². The van der Waals surface area contributed by atoms with Crippen LogP contribution in [0.4, 0.5) is 26.2 Å². The van der Waals surface area contributed by atoms with Gasteiger partial charge in [0.05, 0.1) is 17.4 Å². The molecule has 2 N–H and O–H groups in total. The predicted octanol–water partition coefficient (Wildman–Crippen LogP) is 3.66. The Hall–Kier alpha value is -3.80. The Morgan fingerprint density at radius 2 is 1.92 bits per heavy atom. The van der Waals surface area contributed by atoms with Crippen LogP contribution in [0.5, 0.6) is 0 Å². The molecule has 0 aromatic carbocycles. The highest BCUT2D eigenvalue weighted by atomic mass is 19.3. The van der Waals surface area contributed by atoms with Crippen molar-refractivity contribution in [1.82, 2.24) is 24.8 Å². The number of anilines is 3. The molecule has 0 spiro atoms. The van der Waals surface area contributed by atoms with E-state index in [2.05, 4.69) is 25.6 Å². The second kappa shape index (κ2) is 9.44. The Kier molecular flexibility index (Phi) is 6.17. The molecule has 3 atom stereocenters. The van der Waals surface area contributed by atoms with Crippen molar-refractivity contribution in [3.8, 4) is 0 Å². The number of rotatable bonds is 5. The quantitative estimate of drug-likeness (QED) is 0.473. The van der Waals surface area contributed by atoms with Gasteiger partial charge in [0.15, 0.2) is 5.78 Å². The van der Waals surface area contributed by atoms with Crippen LogP contribution in [-0.2, 0) is 4.79 Å². The summed E-state index contributed by atoms with van der Waals surface area (Å²) in [6.45, 7) is 3.43. The summed E-state index contributed by atoms with van der Waals surface area (Å²) >= 11 is 0. The number of amides is 1. The monoisotopic (exact) mass is 537 g/mol. The minimum atomic E-state index is -3.10. The summed E-state index contributed by atoms with van der Waals surface area (Å²) in [5.41, 5.74) is 0.194. The van der Waals surface area contributed by atoms with E-state index in [-0.39, 0.29) is 54.4 Å². The maximum Gasteiger partial charge on any atom is 0.268 e. The molecule has 2 bridgehead atoms. The van der Waals surface area contributed by atoms with E-state index in [1.807, 2.05) is 0 Å². The zero-order chi connectivity index (χ0) is 27.5. The number of alkyl halides is 2. The summed E-state index contributed by atoms with van der Waals surface area (Å²) in [4.78, 5) is 53.3. The van der Waals surface area contributed by atoms with Crippen molar-refractivity contribution in [1.29, 1.82) is 0 Å². The van der Waals surface area contributed by atoms with Gasteiger partial charge in [-0.05, 0) is 57.2 Å². The van der Waals surface area contributed by atoms with Gasteiger partial charge in [-0.2, -0.15) is 4.98 Å². The summed E-state index contributed by atoms with van der Waals surface area (Å²) in [5.74, 6) is -3.09. The maximum atomic E-state index is 14.8. The fraction of sp³-hybridized carbons (Fsp3) is 0.481. The van der Waals surface area contributed by atoms with Gasteiger partial charge in [0, 0.05) is 43.1 Å². The lowest BCUT2D eigenvalue weighted by Gasteiger charge is -2.24. The lowest BCUT2D eigenvalue weighted by Crippen LogP contribution is -2.37. The third-order valence-corrected chi connectivity index (χ3v) is 8.11. The highest BCUT2D eigenvalue weighted by Gasteiger charge is 2.46. The molecule has 10 nitrogen and oxygen atoms in total. The molecule has 1 aliphatic carbocycles. The van der Waals surface area contributed by atoms with E-state index in [1.165, 1.54) is 13.1 Å². The van der Waals surface area contributed by atoms with Crippen molar-refractivity contribution in [2.45, 2.75) is 76.4 Å². The molecule has 0 radical (unpaired) electrons. The van der Waals surface area contributed by atoms with Gasteiger partial charge in [0.25, 0.3) is 11.5 Å². The van der Waals surface area contributed by atoms with Crippen molar-refractivity contribution >= 4 is 40.2 Å². The normalized spacial score (nSPS) is 24.3. The Balaban J connectivity index is 1.34. The summed E-state index contributed by atoms with van der Waals surface area (Å²) in [6.07, 6.45) is 5.56. The van der Waals surface area contributed by atoms with E-state index in [9.17, 15) is 23.2 Å². The molecule has 1 saturated carbocycles. The van der Waals surface area contributed by atoms with Gasteiger partial charge in [-0.1, -0.05) is 0 Å². The first-order valence-electron chi connectivity index (χ1n) is 13.2. The van der Waals surface area contributed by atoms with E-state index in [1.54, 1.807) is 30.2 Å². The van der Waals surface area contributed by atoms with E-state index >= 15 is 0 Å². The number of carbonyl (C=O) groups excluding carboxylic acids is 2. The smallest absolute Gasteiger partial charge is 0.268 e. The highest BCUT2D eigenvalue weighted by molar-refractivity contribution is 5.99. The van der Waals surface area contributed by atoms with E-state index in [0.29, 0.717) is 35.4 Å². The number of aryl methyl sites for hydroxylation is 1. The SMILES string of the molecule is CC(=O)c1c(C)c2cnc(Nc3ccc(N4C[C@@H]5CC[C@H](CC4=O)N5)cn3)nc2n(C2CCCC2(F)F)c1=O. The Bertz CT molecular complexity index is 1540. The molecule has 204 valence electrons. The van der Waals surface area contributed by atoms with Gasteiger partial charge in [0.2, 0.25) is 11.9 Å². The van der Waals surface area contributed by atoms with E-state index in [4.69, 9.17) is 0 Å².